The quantitative estimate of drug-likeness (QED) is 0.142. The van der Waals surface area contributed by atoms with Crippen LogP contribution in [-0.2, 0) is 16.7 Å². The summed E-state index contributed by atoms with van der Waals surface area (Å²) < 4.78 is 85.3. The molecule has 0 amide bonds. The summed E-state index contributed by atoms with van der Waals surface area (Å²) in [4.78, 5) is 0. The van der Waals surface area contributed by atoms with Gasteiger partial charge in [-0.1, -0.05) is 42.8 Å². The zero-order valence-electron chi connectivity index (χ0n) is 22.6. The summed E-state index contributed by atoms with van der Waals surface area (Å²) in [5.41, 5.74) is -4.65. The Balaban J connectivity index is 1.36. The Morgan fingerprint density at radius 1 is 0.833 bits per heavy atom. The largest absolute Gasteiger partial charge is 0.534 e. The Hall–Kier alpha value is -3.96. The Bertz CT molecular complexity index is 1590. The van der Waals surface area contributed by atoms with Gasteiger partial charge in [0.15, 0.2) is 11.5 Å². The van der Waals surface area contributed by atoms with Crippen LogP contribution in [0, 0.1) is 0 Å². The molecule has 4 aromatic carbocycles. The van der Waals surface area contributed by atoms with E-state index in [1.165, 1.54) is 18.9 Å². The van der Waals surface area contributed by atoms with Crippen molar-refractivity contribution in [3.63, 3.8) is 0 Å². The average molecular weight is 602 g/mol. The minimum atomic E-state index is -5.94. The number of piperidine rings is 1. The number of fused-ring (bicyclic) bond motifs is 1. The van der Waals surface area contributed by atoms with E-state index in [4.69, 9.17) is 14.2 Å². The average Bonchev–Trinajstić information content (AvgIpc) is 2.98. The molecule has 0 saturated carbocycles. The fourth-order valence-corrected chi connectivity index (χ4v) is 5.10. The smallest absolute Gasteiger partial charge is 0.494 e. The van der Waals surface area contributed by atoms with Crippen molar-refractivity contribution < 1.29 is 40.0 Å². The first-order valence-electron chi connectivity index (χ1n) is 13.6. The molecular formula is C31H30F3NO6S. The Labute approximate surface area is 242 Å². The summed E-state index contributed by atoms with van der Waals surface area (Å²) in [6.07, 6.45) is 4.39. The molecule has 0 aliphatic carbocycles. The summed E-state index contributed by atoms with van der Waals surface area (Å²) in [6, 6.07) is 23.9. The van der Waals surface area contributed by atoms with Crippen LogP contribution in [0.15, 0.2) is 84.9 Å². The van der Waals surface area contributed by atoms with Gasteiger partial charge in [-0.2, -0.15) is 21.6 Å². The van der Waals surface area contributed by atoms with Crippen molar-refractivity contribution >= 4 is 20.9 Å². The number of rotatable bonds is 11. The zero-order chi connectivity index (χ0) is 29.6. The van der Waals surface area contributed by atoms with E-state index in [0.717, 1.165) is 31.0 Å². The molecule has 1 atom stereocenters. The highest BCUT2D eigenvalue weighted by Gasteiger charge is 2.49. The number of hydrogen-bond acceptors (Lipinski definition) is 7. The molecule has 1 unspecified atom stereocenters. The summed E-state index contributed by atoms with van der Waals surface area (Å²) >= 11 is 0. The van der Waals surface area contributed by atoms with E-state index in [9.17, 15) is 21.6 Å². The van der Waals surface area contributed by atoms with Crippen molar-refractivity contribution in [3.05, 3.63) is 90.5 Å². The molecule has 42 heavy (non-hydrogen) atoms. The summed E-state index contributed by atoms with van der Waals surface area (Å²) in [5, 5.41) is 4.35. The third kappa shape index (κ3) is 7.46. The summed E-state index contributed by atoms with van der Waals surface area (Å²) in [6.45, 7) is 1.86. The van der Waals surface area contributed by atoms with Gasteiger partial charge in [-0.3, -0.25) is 0 Å². The topological polar surface area (TPSA) is 83.1 Å². The summed E-state index contributed by atoms with van der Waals surface area (Å²) in [7, 11) is -5.94. The highest BCUT2D eigenvalue weighted by Crippen LogP contribution is 2.42. The molecule has 0 aromatic heterocycles. The van der Waals surface area contributed by atoms with Crippen LogP contribution < -0.4 is 23.7 Å². The Morgan fingerprint density at radius 2 is 1.57 bits per heavy atom. The standard InChI is InChI=1S/C31H30F3NO6S/c32-31(33,34)42(36,37)41-29-16-9-23-20-27(39-21-22-6-2-1-3-7-22)14-15-28(23)30(29)40-26-12-10-25(11-13-26)38-19-17-24-8-4-5-18-35-24/h1-3,6-7,9-16,20,24,35H,4-5,8,17-19,21H2. The van der Waals surface area contributed by atoms with E-state index in [-0.39, 0.29) is 11.5 Å². The normalized spacial score (nSPS) is 15.7. The second kappa shape index (κ2) is 12.9. The van der Waals surface area contributed by atoms with Crippen LogP contribution in [0.25, 0.3) is 10.8 Å². The van der Waals surface area contributed by atoms with Crippen molar-refractivity contribution in [3.8, 4) is 28.7 Å². The maximum Gasteiger partial charge on any atom is 0.534 e. The number of hydrogen-bond donors (Lipinski definition) is 1. The van der Waals surface area contributed by atoms with Crippen molar-refractivity contribution in [2.75, 3.05) is 13.2 Å². The van der Waals surface area contributed by atoms with Gasteiger partial charge in [0.1, 0.15) is 23.9 Å². The van der Waals surface area contributed by atoms with Crippen LogP contribution >= 0.6 is 0 Å². The van der Waals surface area contributed by atoms with Gasteiger partial charge in [0.25, 0.3) is 0 Å². The molecule has 1 heterocycles. The van der Waals surface area contributed by atoms with E-state index < -0.39 is 21.4 Å². The van der Waals surface area contributed by atoms with Crippen molar-refractivity contribution in [1.82, 2.24) is 5.32 Å². The number of benzene rings is 4. The van der Waals surface area contributed by atoms with Gasteiger partial charge in [-0.25, -0.2) is 0 Å². The molecule has 222 valence electrons. The van der Waals surface area contributed by atoms with E-state index in [1.54, 1.807) is 42.5 Å². The zero-order valence-corrected chi connectivity index (χ0v) is 23.4. The first kappa shape index (κ1) is 29.5. The monoisotopic (exact) mass is 601 g/mol. The van der Waals surface area contributed by atoms with Gasteiger partial charge in [-0.05, 0) is 85.3 Å². The predicted molar refractivity (Wildman–Crippen MR) is 153 cm³/mol. The highest BCUT2D eigenvalue weighted by atomic mass is 32.2. The molecule has 0 bridgehead atoms. The van der Waals surface area contributed by atoms with Crippen LogP contribution in [0.4, 0.5) is 13.2 Å². The molecule has 0 radical (unpaired) electrons. The first-order chi connectivity index (χ1) is 20.2. The van der Waals surface area contributed by atoms with Gasteiger partial charge in [0.2, 0.25) is 0 Å². The lowest BCUT2D eigenvalue weighted by atomic mass is 10.0. The number of halogens is 3. The molecule has 1 fully saturated rings. The molecule has 1 saturated heterocycles. The molecular weight excluding hydrogens is 571 g/mol. The van der Waals surface area contributed by atoms with E-state index in [0.29, 0.717) is 41.5 Å². The van der Waals surface area contributed by atoms with E-state index >= 15 is 0 Å². The van der Waals surface area contributed by atoms with E-state index in [1.807, 2.05) is 30.3 Å². The molecule has 1 aliphatic rings. The van der Waals surface area contributed by atoms with Crippen molar-refractivity contribution in [1.29, 1.82) is 0 Å². The minimum absolute atomic E-state index is 0.188. The lowest BCUT2D eigenvalue weighted by Gasteiger charge is -2.23. The maximum atomic E-state index is 13.1. The van der Waals surface area contributed by atoms with Gasteiger partial charge >= 0.3 is 15.6 Å². The molecule has 7 nitrogen and oxygen atoms in total. The first-order valence-corrected chi connectivity index (χ1v) is 15.0. The maximum absolute atomic E-state index is 13.1. The van der Waals surface area contributed by atoms with E-state index in [2.05, 4.69) is 9.50 Å². The van der Waals surface area contributed by atoms with Crippen LogP contribution in [0.5, 0.6) is 28.7 Å². The lowest BCUT2D eigenvalue weighted by molar-refractivity contribution is -0.0500. The van der Waals surface area contributed by atoms with Gasteiger partial charge in [0.05, 0.1) is 6.61 Å². The Morgan fingerprint density at radius 3 is 2.29 bits per heavy atom. The molecule has 5 rings (SSSR count). The van der Waals surface area contributed by atoms with Crippen molar-refractivity contribution in [2.45, 2.75) is 43.8 Å². The van der Waals surface area contributed by atoms with Crippen LogP contribution in [0.2, 0.25) is 0 Å². The fraction of sp³-hybridized carbons (Fsp3) is 0.290. The van der Waals surface area contributed by atoms with Crippen LogP contribution in [-0.4, -0.2) is 33.1 Å². The predicted octanol–water partition coefficient (Wildman–Crippen LogP) is 7.35. The second-order valence-electron chi connectivity index (χ2n) is 9.89. The van der Waals surface area contributed by atoms with Crippen LogP contribution in [0.3, 0.4) is 0 Å². The lowest BCUT2D eigenvalue weighted by Crippen LogP contribution is -2.35. The molecule has 1 N–H and O–H groups in total. The fourth-order valence-electron chi connectivity index (χ4n) is 4.64. The number of nitrogens with one attached hydrogen (secondary N) is 1. The third-order valence-corrected chi connectivity index (χ3v) is 7.79. The molecule has 11 heteroatoms. The highest BCUT2D eigenvalue weighted by molar-refractivity contribution is 7.88. The van der Waals surface area contributed by atoms with Gasteiger partial charge < -0.3 is 23.7 Å². The van der Waals surface area contributed by atoms with Gasteiger partial charge in [-0.15, -0.1) is 0 Å². The molecule has 1 aliphatic heterocycles. The van der Waals surface area contributed by atoms with Crippen LogP contribution in [0.1, 0.15) is 31.2 Å². The molecule has 4 aromatic rings. The number of ether oxygens (including phenoxy) is 3. The second-order valence-corrected chi connectivity index (χ2v) is 11.4. The summed E-state index contributed by atoms with van der Waals surface area (Å²) in [5.74, 6) is 0.582. The Kier molecular flexibility index (Phi) is 9.08. The minimum Gasteiger partial charge on any atom is -0.494 e. The molecule has 0 spiro atoms. The van der Waals surface area contributed by atoms with Gasteiger partial charge in [0, 0.05) is 11.4 Å². The SMILES string of the molecule is O=S(=O)(Oc1ccc2cc(OCc3ccccc3)ccc2c1Oc1ccc(OCCC2CCCCN2)cc1)C(F)(F)F. The number of alkyl halides is 3. The third-order valence-electron chi connectivity index (χ3n) is 6.83. The van der Waals surface area contributed by atoms with Crippen molar-refractivity contribution in [2.24, 2.45) is 0 Å².